The highest BCUT2D eigenvalue weighted by molar-refractivity contribution is 7.92. The number of hydrogen-bond donors (Lipinski definition) is 1. The number of anilines is 1. The molecule has 3 aromatic rings. The van der Waals surface area contributed by atoms with Gasteiger partial charge in [0.1, 0.15) is 12.3 Å². The molecule has 0 atom stereocenters. The number of sulfonamides is 1. The van der Waals surface area contributed by atoms with E-state index in [1.807, 2.05) is 38.1 Å². The average Bonchev–Trinajstić information content (AvgIpc) is 2.76. The fourth-order valence-corrected chi connectivity index (χ4v) is 4.84. The molecule has 0 heterocycles. The molecule has 0 unspecified atom stereocenters. The summed E-state index contributed by atoms with van der Waals surface area (Å²) in [7, 11) is -2.55. The van der Waals surface area contributed by atoms with Crippen molar-refractivity contribution in [2.24, 2.45) is 0 Å². The van der Waals surface area contributed by atoms with Crippen LogP contribution in [0.3, 0.4) is 0 Å². The third-order valence-corrected chi connectivity index (χ3v) is 6.98. The lowest BCUT2D eigenvalue weighted by molar-refractivity contribution is -0.119. The second-order valence-electron chi connectivity index (χ2n) is 7.41. The third kappa shape index (κ3) is 5.60. The predicted octanol–water partition coefficient (Wildman–Crippen LogP) is 4.48. The minimum absolute atomic E-state index is 0.0847. The van der Waals surface area contributed by atoms with Gasteiger partial charge in [-0.2, -0.15) is 0 Å². The Kier molecular flexibility index (Phi) is 7.43. The lowest BCUT2D eigenvalue weighted by Gasteiger charge is -2.24. The number of carbonyl (C=O) groups excluding carboxylic acids is 1. The van der Waals surface area contributed by atoms with Gasteiger partial charge in [-0.3, -0.25) is 9.10 Å². The van der Waals surface area contributed by atoms with Gasteiger partial charge >= 0.3 is 0 Å². The zero-order chi connectivity index (χ0) is 23.3. The van der Waals surface area contributed by atoms with E-state index < -0.39 is 22.5 Å². The molecule has 3 rings (SSSR count). The number of methoxy groups -OCH3 is 1. The number of nitrogens with zero attached hydrogens (tertiary/aromatic N) is 1. The maximum atomic E-state index is 13.4. The highest BCUT2D eigenvalue weighted by atomic mass is 35.5. The SMILES string of the molecule is COc1ccc(N(CC(=O)NCc2cccc(C)c2)S(=O)(=O)c2ccc(C)cc2)cc1Cl. The summed E-state index contributed by atoms with van der Waals surface area (Å²) in [5, 5.41) is 3.04. The van der Waals surface area contributed by atoms with Crippen LogP contribution in [0.1, 0.15) is 16.7 Å². The van der Waals surface area contributed by atoms with Crippen molar-refractivity contribution in [1.82, 2.24) is 5.32 Å². The molecule has 0 aliphatic heterocycles. The Morgan fingerprint density at radius 2 is 1.72 bits per heavy atom. The first-order valence-corrected chi connectivity index (χ1v) is 11.8. The molecule has 32 heavy (non-hydrogen) atoms. The molecule has 1 amide bonds. The molecule has 0 bridgehead atoms. The van der Waals surface area contributed by atoms with Gasteiger partial charge in [-0.1, -0.05) is 59.1 Å². The summed E-state index contributed by atoms with van der Waals surface area (Å²) < 4.78 is 33.1. The molecule has 168 valence electrons. The smallest absolute Gasteiger partial charge is 0.264 e. The lowest BCUT2D eigenvalue weighted by atomic mass is 10.1. The van der Waals surface area contributed by atoms with Gasteiger partial charge in [0.25, 0.3) is 10.0 Å². The minimum atomic E-state index is -4.02. The van der Waals surface area contributed by atoms with Crippen LogP contribution < -0.4 is 14.4 Å². The van der Waals surface area contributed by atoms with Gasteiger partial charge in [-0.05, 0) is 49.7 Å². The third-order valence-electron chi connectivity index (χ3n) is 4.89. The van der Waals surface area contributed by atoms with Crippen molar-refractivity contribution in [3.05, 3.63) is 88.4 Å². The molecular weight excluding hydrogens is 448 g/mol. The summed E-state index contributed by atoms with van der Waals surface area (Å²) in [6, 6.07) is 18.8. The van der Waals surface area contributed by atoms with E-state index in [1.165, 1.54) is 25.3 Å². The van der Waals surface area contributed by atoms with Crippen molar-refractivity contribution in [1.29, 1.82) is 0 Å². The predicted molar refractivity (Wildman–Crippen MR) is 127 cm³/mol. The second kappa shape index (κ2) is 10.1. The van der Waals surface area contributed by atoms with Crippen LogP contribution >= 0.6 is 11.6 Å². The zero-order valence-corrected chi connectivity index (χ0v) is 19.7. The summed E-state index contributed by atoms with van der Waals surface area (Å²) in [6.07, 6.45) is 0. The Morgan fingerprint density at radius 1 is 1.00 bits per heavy atom. The number of aryl methyl sites for hydroxylation is 2. The van der Waals surface area contributed by atoms with E-state index in [0.29, 0.717) is 12.3 Å². The molecule has 0 spiro atoms. The first-order chi connectivity index (χ1) is 15.2. The van der Waals surface area contributed by atoms with Crippen LogP contribution in [-0.4, -0.2) is 28.0 Å². The topological polar surface area (TPSA) is 75.7 Å². The minimum Gasteiger partial charge on any atom is -0.495 e. The fourth-order valence-electron chi connectivity index (χ4n) is 3.17. The number of ether oxygens (including phenoxy) is 1. The number of benzene rings is 3. The van der Waals surface area contributed by atoms with Gasteiger partial charge in [0.05, 0.1) is 22.7 Å². The number of hydrogen-bond acceptors (Lipinski definition) is 4. The van der Waals surface area contributed by atoms with E-state index in [9.17, 15) is 13.2 Å². The van der Waals surface area contributed by atoms with Crippen LogP contribution in [0.4, 0.5) is 5.69 Å². The van der Waals surface area contributed by atoms with Gasteiger partial charge in [0.2, 0.25) is 5.91 Å². The molecule has 0 fully saturated rings. The van der Waals surface area contributed by atoms with Gasteiger partial charge < -0.3 is 10.1 Å². The normalized spacial score (nSPS) is 11.1. The molecule has 8 heteroatoms. The van der Waals surface area contributed by atoms with Crippen LogP contribution in [0, 0.1) is 13.8 Å². The molecular formula is C24H25ClN2O4S. The summed E-state index contributed by atoms with van der Waals surface area (Å²) in [5.41, 5.74) is 3.20. The number of rotatable bonds is 8. The van der Waals surface area contributed by atoms with Crippen molar-refractivity contribution < 1.29 is 17.9 Å². The Labute approximate surface area is 193 Å². The molecule has 0 aliphatic rings. The Bertz CT molecular complexity index is 1210. The van der Waals surface area contributed by atoms with Crippen molar-refractivity contribution in [2.75, 3.05) is 18.0 Å². The second-order valence-corrected chi connectivity index (χ2v) is 9.68. The maximum absolute atomic E-state index is 13.4. The maximum Gasteiger partial charge on any atom is 0.264 e. The van der Waals surface area contributed by atoms with Crippen LogP contribution in [0.2, 0.25) is 5.02 Å². The number of nitrogens with one attached hydrogen (secondary N) is 1. The van der Waals surface area contributed by atoms with Crippen molar-refractivity contribution in [2.45, 2.75) is 25.3 Å². The van der Waals surface area contributed by atoms with Crippen molar-refractivity contribution in [3.63, 3.8) is 0 Å². The largest absolute Gasteiger partial charge is 0.495 e. The summed E-state index contributed by atoms with van der Waals surface area (Å²) >= 11 is 6.24. The Hall–Kier alpha value is -3.03. The average molecular weight is 473 g/mol. The molecule has 0 saturated heterocycles. The van der Waals surface area contributed by atoms with E-state index in [1.54, 1.807) is 24.3 Å². The fraction of sp³-hybridized carbons (Fsp3) is 0.208. The standard InChI is InChI=1S/C24H25ClN2O4S/c1-17-7-10-21(11-8-17)32(29,30)27(20-9-12-23(31-3)22(25)14-20)16-24(28)26-15-19-6-4-5-18(2)13-19/h4-14H,15-16H2,1-3H3,(H,26,28). The highest BCUT2D eigenvalue weighted by Gasteiger charge is 2.27. The van der Waals surface area contributed by atoms with Crippen LogP contribution in [0.15, 0.2) is 71.6 Å². The molecule has 0 aliphatic carbocycles. The van der Waals surface area contributed by atoms with Crippen LogP contribution in [-0.2, 0) is 21.4 Å². The molecule has 3 aromatic carbocycles. The van der Waals surface area contributed by atoms with E-state index in [4.69, 9.17) is 16.3 Å². The first-order valence-electron chi connectivity index (χ1n) is 9.96. The van der Waals surface area contributed by atoms with E-state index >= 15 is 0 Å². The number of halogens is 1. The molecule has 6 nitrogen and oxygen atoms in total. The summed E-state index contributed by atoms with van der Waals surface area (Å²) in [6.45, 7) is 3.73. The lowest BCUT2D eigenvalue weighted by Crippen LogP contribution is -2.40. The summed E-state index contributed by atoms with van der Waals surface area (Å²) in [4.78, 5) is 12.8. The van der Waals surface area contributed by atoms with Crippen LogP contribution in [0.25, 0.3) is 0 Å². The number of amides is 1. The number of carbonyl (C=O) groups is 1. The molecule has 0 saturated carbocycles. The molecule has 1 N–H and O–H groups in total. The first kappa shape index (κ1) is 23.6. The van der Waals surface area contributed by atoms with E-state index in [0.717, 1.165) is 21.0 Å². The van der Waals surface area contributed by atoms with Gasteiger partial charge in [-0.25, -0.2) is 8.42 Å². The van der Waals surface area contributed by atoms with Crippen molar-refractivity contribution >= 4 is 33.2 Å². The van der Waals surface area contributed by atoms with Gasteiger partial charge in [0.15, 0.2) is 0 Å². The van der Waals surface area contributed by atoms with Crippen molar-refractivity contribution in [3.8, 4) is 5.75 Å². The zero-order valence-electron chi connectivity index (χ0n) is 18.1. The molecule has 0 radical (unpaired) electrons. The Morgan fingerprint density at radius 3 is 2.34 bits per heavy atom. The van der Waals surface area contributed by atoms with Gasteiger partial charge in [0, 0.05) is 6.54 Å². The van der Waals surface area contributed by atoms with E-state index in [2.05, 4.69) is 5.32 Å². The van der Waals surface area contributed by atoms with E-state index in [-0.39, 0.29) is 15.6 Å². The van der Waals surface area contributed by atoms with Gasteiger partial charge in [-0.15, -0.1) is 0 Å². The summed E-state index contributed by atoms with van der Waals surface area (Å²) in [5.74, 6) is -0.0267. The van der Waals surface area contributed by atoms with Crippen LogP contribution in [0.5, 0.6) is 5.75 Å². The highest BCUT2D eigenvalue weighted by Crippen LogP contribution is 2.32. The quantitative estimate of drug-likeness (QED) is 0.524. The Balaban J connectivity index is 1.90. The molecule has 0 aromatic heterocycles. The monoisotopic (exact) mass is 472 g/mol.